The molecule has 3 aliphatic rings. The number of hydrogen-bond donors (Lipinski definition) is 1. The summed E-state index contributed by atoms with van der Waals surface area (Å²) in [5.41, 5.74) is 1.78. The minimum absolute atomic E-state index is 0.0687. The summed E-state index contributed by atoms with van der Waals surface area (Å²) in [6.45, 7) is 3.81. The van der Waals surface area contributed by atoms with Crippen molar-refractivity contribution in [1.82, 2.24) is 5.32 Å². The molecule has 3 heterocycles. The lowest BCUT2D eigenvalue weighted by Gasteiger charge is -2.38. The molecule has 2 aromatic rings. The summed E-state index contributed by atoms with van der Waals surface area (Å²) < 4.78 is 31.0. The van der Waals surface area contributed by atoms with Crippen LogP contribution in [-0.2, 0) is 19.7 Å². The number of benzene rings is 2. The molecule has 174 valence electrons. The largest absolute Gasteiger partial charge is 0.454 e. The molecule has 1 atom stereocenters. The van der Waals surface area contributed by atoms with Crippen LogP contribution in [0, 0.1) is 18.7 Å². The number of amides is 2. The number of nitrogens with one attached hydrogen (secondary N) is 1. The van der Waals surface area contributed by atoms with Crippen molar-refractivity contribution in [2.45, 2.75) is 31.6 Å². The molecule has 2 aromatic carbocycles. The van der Waals surface area contributed by atoms with Crippen molar-refractivity contribution in [3.8, 4) is 11.5 Å². The highest BCUT2D eigenvalue weighted by Gasteiger charge is 2.39. The highest BCUT2D eigenvalue weighted by molar-refractivity contribution is 6.00. The van der Waals surface area contributed by atoms with Crippen molar-refractivity contribution < 1.29 is 28.2 Å². The van der Waals surface area contributed by atoms with Gasteiger partial charge in [0.05, 0.1) is 11.6 Å². The van der Waals surface area contributed by atoms with Crippen LogP contribution < -0.4 is 19.7 Å². The normalized spacial score (nSPS) is 21.3. The van der Waals surface area contributed by atoms with Crippen LogP contribution in [-0.4, -0.2) is 44.9 Å². The van der Waals surface area contributed by atoms with Gasteiger partial charge >= 0.3 is 0 Å². The van der Waals surface area contributed by atoms with Gasteiger partial charge < -0.3 is 24.4 Å². The molecule has 2 saturated heterocycles. The van der Waals surface area contributed by atoms with E-state index in [1.165, 1.54) is 11.0 Å². The fourth-order valence-electron chi connectivity index (χ4n) is 4.90. The van der Waals surface area contributed by atoms with Gasteiger partial charge in [-0.1, -0.05) is 12.1 Å². The van der Waals surface area contributed by atoms with Crippen LogP contribution in [0.3, 0.4) is 0 Å². The molecular weight excluding hydrogens is 427 g/mol. The topological polar surface area (TPSA) is 77.1 Å². The fraction of sp³-hybridized carbons (Fsp3) is 0.440. The summed E-state index contributed by atoms with van der Waals surface area (Å²) in [6, 6.07) is 10.7. The van der Waals surface area contributed by atoms with E-state index in [1.807, 2.05) is 18.2 Å². The monoisotopic (exact) mass is 454 g/mol. The van der Waals surface area contributed by atoms with E-state index in [9.17, 15) is 14.0 Å². The molecule has 0 aliphatic carbocycles. The van der Waals surface area contributed by atoms with E-state index in [4.69, 9.17) is 14.2 Å². The van der Waals surface area contributed by atoms with E-state index < -0.39 is 11.7 Å². The van der Waals surface area contributed by atoms with Crippen molar-refractivity contribution in [2.75, 3.05) is 38.0 Å². The van der Waals surface area contributed by atoms with Crippen molar-refractivity contribution in [3.05, 3.63) is 53.3 Å². The number of aryl methyl sites for hydroxylation is 1. The Balaban J connectivity index is 1.29. The van der Waals surface area contributed by atoms with Crippen molar-refractivity contribution in [2.24, 2.45) is 5.92 Å². The highest BCUT2D eigenvalue weighted by Crippen LogP contribution is 2.40. The van der Waals surface area contributed by atoms with E-state index in [1.54, 1.807) is 19.1 Å². The summed E-state index contributed by atoms with van der Waals surface area (Å²) in [5, 5.41) is 3.08. The molecule has 8 heteroatoms. The first-order chi connectivity index (χ1) is 15.9. The first kappa shape index (κ1) is 21.7. The van der Waals surface area contributed by atoms with Gasteiger partial charge in [0.25, 0.3) is 0 Å². The zero-order chi connectivity index (χ0) is 23.0. The van der Waals surface area contributed by atoms with E-state index in [2.05, 4.69) is 5.32 Å². The molecule has 0 bridgehead atoms. The third kappa shape index (κ3) is 4.15. The van der Waals surface area contributed by atoms with Crippen LogP contribution in [0.5, 0.6) is 11.5 Å². The molecule has 7 nitrogen and oxygen atoms in total. The Morgan fingerprint density at radius 2 is 1.94 bits per heavy atom. The summed E-state index contributed by atoms with van der Waals surface area (Å²) >= 11 is 0. The molecular formula is C25H27FN2O5. The number of hydrogen-bond acceptors (Lipinski definition) is 5. The number of ether oxygens (including phenoxy) is 3. The molecule has 1 unspecified atom stereocenters. The standard InChI is InChI=1S/C25H27FN2O5/c1-16-2-4-20(19(26)10-16)28-13-17(11-23(28)29)24(30)27-14-25(6-8-31-9-7-25)18-3-5-21-22(12-18)33-15-32-21/h2-5,10,12,17H,6-9,11,13-15H2,1H3,(H,27,30). The Bertz CT molecular complexity index is 1080. The van der Waals surface area contributed by atoms with Gasteiger partial charge in [0.2, 0.25) is 18.6 Å². The zero-order valence-electron chi connectivity index (χ0n) is 18.6. The van der Waals surface area contributed by atoms with Crippen LogP contribution in [0.15, 0.2) is 36.4 Å². The number of carbonyl (C=O) groups is 2. The van der Waals surface area contributed by atoms with Crippen LogP contribution in [0.25, 0.3) is 0 Å². The number of carbonyl (C=O) groups excluding carboxylic acids is 2. The SMILES string of the molecule is Cc1ccc(N2CC(C(=O)NCC3(c4ccc5c(c4)OCO5)CCOCC3)CC2=O)c(F)c1. The third-order valence-corrected chi connectivity index (χ3v) is 6.93. The first-order valence-electron chi connectivity index (χ1n) is 11.3. The number of anilines is 1. The van der Waals surface area contributed by atoms with Crippen LogP contribution in [0.1, 0.15) is 30.4 Å². The van der Waals surface area contributed by atoms with E-state index in [0.717, 1.165) is 29.7 Å². The van der Waals surface area contributed by atoms with E-state index in [0.29, 0.717) is 25.5 Å². The quantitative estimate of drug-likeness (QED) is 0.752. The van der Waals surface area contributed by atoms with E-state index >= 15 is 0 Å². The molecule has 0 aromatic heterocycles. The molecule has 33 heavy (non-hydrogen) atoms. The van der Waals surface area contributed by atoms with Crippen LogP contribution >= 0.6 is 0 Å². The van der Waals surface area contributed by atoms with Crippen molar-refractivity contribution in [3.63, 3.8) is 0 Å². The van der Waals surface area contributed by atoms with Gasteiger partial charge in [-0.25, -0.2) is 4.39 Å². The first-order valence-corrected chi connectivity index (χ1v) is 11.3. The van der Waals surface area contributed by atoms with Gasteiger partial charge in [-0.15, -0.1) is 0 Å². The molecule has 0 spiro atoms. The smallest absolute Gasteiger partial charge is 0.231 e. The predicted molar refractivity (Wildman–Crippen MR) is 119 cm³/mol. The minimum Gasteiger partial charge on any atom is -0.454 e. The lowest BCUT2D eigenvalue weighted by atomic mass is 9.74. The Morgan fingerprint density at radius 1 is 1.15 bits per heavy atom. The van der Waals surface area contributed by atoms with Crippen LogP contribution in [0.4, 0.5) is 10.1 Å². The second kappa shape index (κ2) is 8.67. The summed E-state index contributed by atoms with van der Waals surface area (Å²) in [6.07, 6.45) is 1.59. The van der Waals surface area contributed by atoms with Crippen LogP contribution in [0.2, 0.25) is 0 Å². The summed E-state index contributed by atoms with van der Waals surface area (Å²) in [4.78, 5) is 27.0. The lowest BCUT2D eigenvalue weighted by Crippen LogP contribution is -2.46. The highest BCUT2D eigenvalue weighted by atomic mass is 19.1. The van der Waals surface area contributed by atoms with Gasteiger partial charge in [0.15, 0.2) is 11.5 Å². The number of nitrogens with zero attached hydrogens (tertiary/aromatic N) is 1. The Labute approximate surface area is 191 Å². The van der Waals surface area contributed by atoms with Crippen molar-refractivity contribution >= 4 is 17.5 Å². The number of fused-ring (bicyclic) bond motifs is 1. The predicted octanol–water partition coefficient (Wildman–Crippen LogP) is 3.08. The van der Waals surface area contributed by atoms with Gasteiger partial charge in [0, 0.05) is 38.1 Å². The second-order valence-electron chi connectivity index (χ2n) is 9.04. The average molecular weight is 454 g/mol. The maximum absolute atomic E-state index is 14.4. The molecule has 0 radical (unpaired) electrons. The Hall–Kier alpha value is -3.13. The molecule has 2 amide bonds. The lowest BCUT2D eigenvalue weighted by molar-refractivity contribution is -0.126. The van der Waals surface area contributed by atoms with Gasteiger partial charge in [-0.05, 0) is 55.2 Å². The van der Waals surface area contributed by atoms with Crippen molar-refractivity contribution in [1.29, 1.82) is 0 Å². The second-order valence-corrected chi connectivity index (χ2v) is 9.04. The van der Waals surface area contributed by atoms with Gasteiger partial charge in [0.1, 0.15) is 5.82 Å². The Morgan fingerprint density at radius 3 is 2.73 bits per heavy atom. The maximum Gasteiger partial charge on any atom is 0.231 e. The zero-order valence-corrected chi connectivity index (χ0v) is 18.6. The number of rotatable bonds is 5. The van der Waals surface area contributed by atoms with Gasteiger partial charge in [-0.3, -0.25) is 9.59 Å². The number of halogens is 1. The molecule has 1 N–H and O–H groups in total. The summed E-state index contributed by atoms with van der Waals surface area (Å²) in [7, 11) is 0. The summed E-state index contributed by atoms with van der Waals surface area (Å²) in [5.74, 6) is 0.0272. The van der Waals surface area contributed by atoms with E-state index in [-0.39, 0.29) is 42.7 Å². The minimum atomic E-state index is -0.521. The maximum atomic E-state index is 14.4. The molecule has 3 aliphatic heterocycles. The van der Waals surface area contributed by atoms with Gasteiger partial charge in [-0.2, -0.15) is 0 Å². The molecule has 2 fully saturated rings. The molecule has 5 rings (SSSR count). The Kier molecular flexibility index (Phi) is 5.70. The fourth-order valence-corrected chi connectivity index (χ4v) is 4.90. The molecule has 0 saturated carbocycles. The average Bonchev–Trinajstić information content (AvgIpc) is 3.44. The third-order valence-electron chi connectivity index (χ3n) is 6.93.